The van der Waals surface area contributed by atoms with Gasteiger partial charge in [0.1, 0.15) is 5.78 Å². The fourth-order valence-electron chi connectivity index (χ4n) is 4.14. The van der Waals surface area contributed by atoms with Crippen molar-refractivity contribution in [2.24, 2.45) is 29.1 Å². The summed E-state index contributed by atoms with van der Waals surface area (Å²) in [5, 5.41) is 0. The highest BCUT2D eigenvalue weighted by atomic mass is 16.5. The van der Waals surface area contributed by atoms with E-state index in [4.69, 9.17) is 4.74 Å². The van der Waals surface area contributed by atoms with Gasteiger partial charge in [-0.25, -0.2) is 0 Å². The number of ketones is 1. The normalized spacial score (nSPS) is 42.8. The van der Waals surface area contributed by atoms with E-state index < -0.39 is 5.41 Å². The topological polar surface area (TPSA) is 43.4 Å². The van der Waals surface area contributed by atoms with Gasteiger partial charge in [-0.2, -0.15) is 0 Å². The van der Waals surface area contributed by atoms with E-state index in [0.717, 1.165) is 12.0 Å². The van der Waals surface area contributed by atoms with Crippen molar-refractivity contribution in [1.82, 2.24) is 0 Å². The average Bonchev–Trinajstić information content (AvgIpc) is 2.33. The molecule has 3 aliphatic carbocycles. The lowest BCUT2D eigenvalue weighted by molar-refractivity contribution is -0.167. The summed E-state index contributed by atoms with van der Waals surface area (Å²) in [4.78, 5) is 24.4. The Kier molecular flexibility index (Phi) is 3.12. The molecule has 0 aromatic rings. The monoisotopic (exact) mass is 250 g/mol. The van der Waals surface area contributed by atoms with Crippen LogP contribution in [-0.2, 0) is 14.3 Å². The Morgan fingerprint density at radius 1 is 1.50 bits per heavy atom. The second kappa shape index (κ2) is 4.22. The van der Waals surface area contributed by atoms with Gasteiger partial charge in [0.2, 0.25) is 0 Å². The molecule has 3 heteroatoms. The number of methoxy groups -OCH3 is 1. The van der Waals surface area contributed by atoms with Gasteiger partial charge in [0, 0.05) is 11.3 Å². The molecule has 0 spiro atoms. The maximum atomic E-state index is 12.5. The van der Waals surface area contributed by atoms with E-state index in [1.165, 1.54) is 7.11 Å². The molecule has 0 aliphatic heterocycles. The lowest BCUT2D eigenvalue weighted by atomic mass is 9.47. The summed E-state index contributed by atoms with van der Waals surface area (Å²) in [6.45, 7) is 9.96. The molecule has 0 aromatic heterocycles. The molecule has 0 unspecified atom stereocenters. The van der Waals surface area contributed by atoms with Crippen molar-refractivity contribution < 1.29 is 14.3 Å². The SMILES string of the molecule is C=C(C)[C@@H]1C[C@H]2[C@H](C)C(=O)[C@@]1(C)C[C@@H]2C(=O)OC. The first-order valence-electron chi connectivity index (χ1n) is 6.60. The first kappa shape index (κ1) is 13.3. The van der Waals surface area contributed by atoms with Crippen LogP contribution in [0.5, 0.6) is 0 Å². The summed E-state index contributed by atoms with van der Waals surface area (Å²) in [5.74, 6) is 0.310. The van der Waals surface area contributed by atoms with E-state index in [2.05, 4.69) is 6.58 Å². The fraction of sp³-hybridized carbons (Fsp3) is 0.733. The molecule has 0 saturated heterocycles. The Hall–Kier alpha value is -1.12. The van der Waals surface area contributed by atoms with Crippen LogP contribution < -0.4 is 0 Å². The van der Waals surface area contributed by atoms with Crippen LogP contribution in [0.4, 0.5) is 0 Å². The number of ether oxygens (including phenoxy) is 1. The largest absolute Gasteiger partial charge is 0.469 e. The van der Waals surface area contributed by atoms with Crippen molar-refractivity contribution in [3.05, 3.63) is 12.2 Å². The Morgan fingerprint density at radius 2 is 2.11 bits per heavy atom. The number of hydrogen-bond acceptors (Lipinski definition) is 3. The van der Waals surface area contributed by atoms with Crippen LogP contribution in [-0.4, -0.2) is 18.9 Å². The van der Waals surface area contributed by atoms with Gasteiger partial charge in [0.05, 0.1) is 13.0 Å². The third kappa shape index (κ3) is 1.63. The van der Waals surface area contributed by atoms with E-state index in [1.807, 2.05) is 20.8 Å². The van der Waals surface area contributed by atoms with Gasteiger partial charge in [-0.1, -0.05) is 26.0 Å². The summed E-state index contributed by atoms with van der Waals surface area (Å²) in [5.41, 5.74) is 0.629. The standard InChI is InChI=1S/C15H22O3/c1-8(2)12-6-10-9(3)13(16)15(12,4)7-11(10)14(17)18-5/h9-12H,1,6-7H2,2-5H3/t9-,10-,11-,12-,15-/m0/s1. The molecule has 0 amide bonds. The van der Waals surface area contributed by atoms with E-state index in [-0.39, 0.29) is 29.6 Å². The van der Waals surface area contributed by atoms with Crippen molar-refractivity contribution in [3.63, 3.8) is 0 Å². The molecule has 3 fully saturated rings. The van der Waals surface area contributed by atoms with Gasteiger partial charge in [-0.05, 0) is 31.6 Å². The van der Waals surface area contributed by atoms with Gasteiger partial charge in [-0.3, -0.25) is 9.59 Å². The zero-order valence-electron chi connectivity index (χ0n) is 11.7. The Morgan fingerprint density at radius 3 is 2.61 bits per heavy atom. The Bertz CT molecular complexity index is 412. The van der Waals surface area contributed by atoms with E-state index in [0.29, 0.717) is 12.2 Å². The minimum absolute atomic E-state index is 0.0385. The Labute approximate surface area is 109 Å². The summed E-state index contributed by atoms with van der Waals surface area (Å²) < 4.78 is 4.89. The highest BCUT2D eigenvalue weighted by molar-refractivity contribution is 5.91. The van der Waals surface area contributed by atoms with Gasteiger partial charge in [0.25, 0.3) is 0 Å². The molecule has 0 aromatic carbocycles. The van der Waals surface area contributed by atoms with Gasteiger partial charge >= 0.3 is 5.97 Å². The van der Waals surface area contributed by atoms with Gasteiger partial charge in [-0.15, -0.1) is 0 Å². The molecular formula is C15H22O3. The van der Waals surface area contributed by atoms with Crippen LogP contribution in [0.3, 0.4) is 0 Å². The van der Waals surface area contributed by atoms with Crippen LogP contribution in [0.1, 0.15) is 33.6 Å². The van der Waals surface area contributed by atoms with Crippen LogP contribution >= 0.6 is 0 Å². The highest BCUT2D eigenvalue weighted by Gasteiger charge is 2.59. The second-order valence-electron chi connectivity index (χ2n) is 6.20. The van der Waals surface area contributed by atoms with Crippen LogP contribution in [0.2, 0.25) is 0 Å². The van der Waals surface area contributed by atoms with Crippen LogP contribution in [0.15, 0.2) is 12.2 Å². The summed E-state index contributed by atoms with van der Waals surface area (Å²) in [7, 11) is 1.43. The lowest BCUT2D eigenvalue weighted by Crippen LogP contribution is -2.57. The quantitative estimate of drug-likeness (QED) is 0.559. The molecule has 2 bridgehead atoms. The molecule has 0 N–H and O–H groups in total. The predicted octanol–water partition coefficient (Wildman–Crippen LogP) is 2.60. The Balaban J connectivity index is 2.38. The number of carbonyl (C=O) groups excluding carboxylic acids is 2. The van der Waals surface area contributed by atoms with E-state index >= 15 is 0 Å². The average molecular weight is 250 g/mol. The molecule has 5 atom stereocenters. The summed E-state index contributed by atoms with van der Waals surface area (Å²) in [6, 6.07) is 0. The maximum absolute atomic E-state index is 12.5. The van der Waals surface area contributed by atoms with E-state index in [1.54, 1.807) is 0 Å². The number of fused-ring (bicyclic) bond motifs is 3. The second-order valence-corrected chi connectivity index (χ2v) is 6.20. The third-order valence-corrected chi connectivity index (χ3v) is 5.16. The van der Waals surface area contributed by atoms with Gasteiger partial charge < -0.3 is 4.74 Å². The van der Waals surface area contributed by atoms with Crippen molar-refractivity contribution in [1.29, 1.82) is 0 Å². The van der Waals surface area contributed by atoms with Crippen molar-refractivity contribution in [2.45, 2.75) is 33.6 Å². The molecular weight excluding hydrogens is 228 g/mol. The minimum Gasteiger partial charge on any atom is -0.469 e. The smallest absolute Gasteiger partial charge is 0.308 e. The molecule has 3 aliphatic rings. The van der Waals surface area contributed by atoms with Crippen molar-refractivity contribution >= 4 is 11.8 Å². The number of Topliss-reactive ketones (excluding diaryl/α,β-unsaturated/α-hetero) is 1. The number of allylic oxidation sites excluding steroid dienone is 1. The zero-order valence-corrected chi connectivity index (χ0v) is 11.7. The molecule has 3 rings (SSSR count). The van der Waals surface area contributed by atoms with E-state index in [9.17, 15) is 9.59 Å². The molecule has 3 nitrogen and oxygen atoms in total. The fourth-order valence-corrected chi connectivity index (χ4v) is 4.14. The first-order chi connectivity index (χ1) is 8.32. The first-order valence-corrected chi connectivity index (χ1v) is 6.60. The van der Waals surface area contributed by atoms with Gasteiger partial charge in [0.15, 0.2) is 0 Å². The summed E-state index contributed by atoms with van der Waals surface area (Å²) >= 11 is 0. The minimum atomic E-state index is -0.432. The van der Waals surface area contributed by atoms with Crippen molar-refractivity contribution in [2.75, 3.05) is 7.11 Å². The number of esters is 1. The number of hydrogen-bond donors (Lipinski definition) is 0. The molecule has 3 saturated carbocycles. The summed E-state index contributed by atoms with van der Waals surface area (Å²) in [6.07, 6.45) is 1.50. The van der Waals surface area contributed by atoms with Crippen LogP contribution in [0, 0.1) is 29.1 Å². The van der Waals surface area contributed by atoms with Crippen molar-refractivity contribution in [3.8, 4) is 0 Å². The predicted molar refractivity (Wildman–Crippen MR) is 68.8 cm³/mol. The molecule has 0 heterocycles. The number of rotatable bonds is 2. The molecule has 100 valence electrons. The van der Waals surface area contributed by atoms with Crippen LogP contribution in [0.25, 0.3) is 0 Å². The molecule has 18 heavy (non-hydrogen) atoms. The molecule has 0 radical (unpaired) electrons. The third-order valence-electron chi connectivity index (χ3n) is 5.16. The number of carbonyl (C=O) groups is 2. The highest BCUT2D eigenvalue weighted by Crippen LogP contribution is 2.58. The maximum Gasteiger partial charge on any atom is 0.308 e. The zero-order chi connectivity index (χ0) is 13.7. The lowest BCUT2D eigenvalue weighted by Gasteiger charge is -2.55.